The molecule has 0 spiro atoms. The van der Waals surface area contributed by atoms with Crippen molar-refractivity contribution < 1.29 is 13.9 Å². The van der Waals surface area contributed by atoms with Gasteiger partial charge in [-0.2, -0.15) is 0 Å². The normalized spacial score (nSPS) is 35.5. The molecule has 0 amide bonds. The highest BCUT2D eigenvalue weighted by atomic mass is 19.1. The van der Waals surface area contributed by atoms with Crippen molar-refractivity contribution in [3.05, 3.63) is 11.9 Å². The molecule has 86 valence electrons. The van der Waals surface area contributed by atoms with Crippen molar-refractivity contribution in [3.63, 3.8) is 0 Å². The summed E-state index contributed by atoms with van der Waals surface area (Å²) in [4.78, 5) is 2.30. The van der Waals surface area contributed by atoms with Gasteiger partial charge in [-0.25, -0.2) is 4.39 Å². The lowest BCUT2D eigenvalue weighted by molar-refractivity contribution is -0.00506. The molecule has 2 aliphatic heterocycles. The van der Waals surface area contributed by atoms with Gasteiger partial charge in [0.1, 0.15) is 0 Å². The maximum atomic E-state index is 12.6. The summed E-state index contributed by atoms with van der Waals surface area (Å²) in [7, 11) is 1.69. The van der Waals surface area contributed by atoms with Crippen LogP contribution in [0, 0.1) is 0 Å². The SMILES string of the molecule is COC[C@@]12COCCCN1C/C(=C\F)C2. The van der Waals surface area contributed by atoms with E-state index in [1.807, 2.05) is 0 Å². The van der Waals surface area contributed by atoms with Gasteiger partial charge in [-0.15, -0.1) is 0 Å². The van der Waals surface area contributed by atoms with Crippen LogP contribution in [0.25, 0.3) is 0 Å². The van der Waals surface area contributed by atoms with Gasteiger partial charge in [0.05, 0.1) is 25.1 Å². The number of hydrogen-bond donors (Lipinski definition) is 0. The van der Waals surface area contributed by atoms with Gasteiger partial charge in [0, 0.05) is 26.8 Å². The third-order valence-corrected chi connectivity index (χ3v) is 3.28. The van der Waals surface area contributed by atoms with Crippen molar-refractivity contribution in [2.24, 2.45) is 0 Å². The van der Waals surface area contributed by atoms with Gasteiger partial charge in [-0.3, -0.25) is 4.90 Å². The lowest BCUT2D eigenvalue weighted by Crippen LogP contribution is -2.50. The van der Waals surface area contributed by atoms with E-state index in [2.05, 4.69) is 4.90 Å². The smallest absolute Gasteiger partial charge is 0.0872 e. The number of nitrogens with zero attached hydrogens (tertiary/aromatic N) is 1. The van der Waals surface area contributed by atoms with Gasteiger partial charge in [-0.05, 0) is 18.4 Å². The minimum Gasteiger partial charge on any atom is -0.383 e. The lowest BCUT2D eigenvalue weighted by Gasteiger charge is -2.35. The third kappa shape index (κ3) is 2.07. The second-order valence-corrected chi connectivity index (χ2v) is 4.43. The molecule has 1 atom stereocenters. The Morgan fingerprint density at radius 1 is 1.67 bits per heavy atom. The monoisotopic (exact) mass is 215 g/mol. The van der Waals surface area contributed by atoms with Crippen LogP contribution in [0.4, 0.5) is 4.39 Å². The van der Waals surface area contributed by atoms with E-state index in [0.29, 0.717) is 13.2 Å². The first-order valence-electron chi connectivity index (χ1n) is 5.40. The van der Waals surface area contributed by atoms with Gasteiger partial charge in [0.2, 0.25) is 0 Å². The predicted octanol–water partition coefficient (Wildman–Crippen LogP) is 1.35. The number of methoxy groups -OCH3 is 1. The van der Waals surface area contributed by atoms with E-state index in [1.165, 1.54) is 0 Å². The summed E-state index contributed by atoms with van der Waals surface area (Å²) >= 11 is 0. The van der Waals surface area contributed by atoms with E-state index in [9.17, 15) is 4.39 Å². The predicted molar refractivity (Wildman–Crippen MR) is 55.4 cm³/mol. The molecule has 0 N–H and O–H groups in total. The molecule has 0 aromatic rings. The Hall–Kier alpha value is -0.450. The number of fused-ring (bicyclic) bond motifs is 1. The molecule has 2 fully saturated rings. The number of halogens is 1. The highest BCUT2D eigenvalue weighted by Gasteiger charge is 2.44. The van der Waals surface area contributed by atoms with Crippen LogP contribution < -0.4 is 0 Å². The Morgan fingerprint density at radius 2 is 2.53 bits per heavy atom. The average Bonchev–Trinajstić information content (AvgIpc) is 2.47. The first kappa shape index (κ1) is 11.0. The Labute approximate surface area is 89.8 Å². The molecule has 2 rings (SSSR count). The Balaban J connectivity index is 2.17. The van der Waals surface area contributed by atoms with Gasteiger partial charge in [0.15, 0.2) is 0 Å². The van der Waals surface area contributed by atoms with E-state index < -0.39 is 0 Å². The molecule has 15 heavy (non-hydrogen) atoms. The second kappa shape index (κ2) is 4.60. The fourth-order valence-electron chi connectivity index (χ4n) is 2.61. The van der Waals surface area contributed by atoms with Gasteiger partial charge < -0.3 is 9.47 Å². The molecular weight excluding hydrogens is 197 g/mol. The zero-order chi connectivity index (χ0) is 10.7. The van der Waals surface area contributed by atoms with Crippen molar-refractivity contribution in [1.29, 1.82) is 0 Å². The number of ether oxygens (including phenoxy) is 2. The first-order valence-corrected chi connectivity index (χ1v) is 5.40. The zero-order valence-electron chi connectivity index (χ0n) is 9.17. The van der Waals surface area contributed by atoms with E-state index in [-0.39, 0.29) is 5.54 Å². The Kier molecular flexibility index (Phi) is 3.38. The Morgan fingerprint density at radius 3 is 3.27 bits per heavy atom. The molecule has 0 aromatic carbocycles. The van der Waals surface area contributed by atoms with E-state index >= 15 is 0 Å². The molecule has 0 saturated carbocycles. The molecule has 2 heterocycles. The van der Waals surface area contributed by atoms with Gasteiger partial charge >= 0.3 is 0 Å². The lowest BCUT2D eigenvalue weighted by atomic mass is 9.97. The Bertz CT molecular complexity index is 257. The van der Waals surface area contributed by atoms with Crippen LogP contribution in [-0.4, -0.2) is 50.5 Å². The van der Waals surface area contributed by atoms with Crippen molar-refractivity contribution in [1.82, 2.24) is 4.90 Å². The summed E-state index contributed by atoms with van der Waals surface area (Å²) in [5.41, 5.74) is 0.737. The van der Waals surface area contributed by atoms with Crippen molar-refractivity contribution in [2.75, 3.05) is 40.0 Å². The molecule has 2 aliphatic rings. The summed E-state index contributed by atoms with van der Waals surface area (Å²) < 4.78 is 23.4. The molecular formula is C11H18FNO2. The maximum absolute atomic E-state index is 12.6. The van der Waals surface area contributed by atoms with Crippen LogP contribution in [0.5, 0.6) is 0 Å². The van der Waals surface area contributed by atoms with Gasteiger partial charge in [0.25, 0.3) is 0 Å². The fourth-order valence-corrected chi connectivity index (χ4v) is 2.61. The number of rotatable bonds is 2. The summed E-state index contributed by atoms with van der Waals surface area (Å²) in [5, 5.41) is 0. The van der Waals surface area contributed by atoms with E-state index in [0.717, 1.165) is 44.4 Å². The topological polar surface area (TPSA) is 21.7 Å². The van der Waals surface area contributed by atoms with E-state index in [1.54, 1.807) is 7.11 Å². The summed E-state index contributed by atoms with van der Waals surface area (Å²) in [5.74, 6) is 0. The number of hydrogen-bond acceptors (Lipinski definition) is 3. The van der Waals surface area contributed by atoms with Gasteiger partial charge in [-0.1, -0.05) is 0 Å². The third-order valence-electron chi connectivity index (χ3n) is 3.28. The maximum Gasteiger partial charge on any atom is 0.0872 e. The molecule has 0 aliphatic carbocycles. The molecule has 4 heteroatoms. The molecule has 0 aromatic heterocycles. The zero-order valence-corrected chi connectivity index (χ0v) is 9.17. The molecule has 3 nitrogen and oxygen atoms in total. The highest BCUT2D eigenvalue weighted by molar-refractivity contribution is 5.17. The molecule has 0 radical (unpaired) electrons. The quantitative estimate of drug-likeness (QED) is 0.694. The van der Waals surface area contributed by atoms with Crippen molar-refractivity contribution >= 4 is 0 Å². The van der Waals surface area contributed by atoms with Crippen molar-refractivity contribution in [3.8, 4) is 0 Å². The van der Waals surface area contributed by atoms with Crippen LogP contribution in [0.2, 0.25) is 0 Å². The highest BCUT2D eigenvalue weighted by Crippen LogP contribution is 2.35. The largest absolute Gasteiger partial charge is 0.383 e. The minimum absolute atomic E-state index is 0.122. The summed E-state index contributed by atoms with van der Waals surface area (Å²) in [6.07, 6.45) is 2.49. The molecule has 2 saturated heterocycles. The van der Waals surface area contributed by atoms with Crippen molar-refractivity contribution in [2.45, 2.75) is 18.4 Å². The summed E-state index contributed by atoms with van der Waals surface area (Å²) in [6, 6.07) is 0. The van der Waals surface area contributed by atoms with Crippen LogP contribution >= 0.6 is 0 Å². The van der Waals surface area contributed by atoms with Crippen LogP contribution in [-0.2, 0) is 9.47 Å². The second-order valence-electron chi connectivity index (χ2n) is 4.43. The summed E-state index contributed by atoms with van der Waals surface area (Å²) in [6.45, 7) is 3.77. The van der Waals surface area contributed by atoms with E-state index in [4.69, 9.17) is 9.47 Å². The minimum atomic E-state index is -0.122. The average molecular weight is 215 g/mol. The van der Waals surface area contributed by atoms with Crippen LogP contribution in [0.3, 0.4) is 0 Å². The molecule has 0 bridgehead atoms. The standard InChI is InChI=1S/C11H18FNO2/c1-14-8-11-5-10(6-12)7-13(11)3-2-4-15-9-11/h6H,2-5,7-9H2,1H3/b10-6-/t11-/m0/s1. The molecule has 0 unspecified atom stereocenters. The fraction of sp³-hybridized carbons (Fsp3) is 0.818. The first-order chi connectivity index (χ1) is 7.30. The van der Waals surface area contributed by atoms with Crippen LogP contribution in [0.15, 0.2) is 11.9 Å². The van der Waals surface area contributed by atoms with Crippen LogP contribution in [0.1, 0.15) is 12.8 Å².